The minimum atomic E-state index is -0.456. The summed E-state index contributed by atoms with van der Waals surface area (Å²) in [5, 5.41) is 8.82. The average Bonchev–Trinajstić information content (AvgIpc) is 2.61. The van der Waals surface area contributed by atoms with Crippen LogP contribution >= 0.6 is 0 Å². The Hall–Kier alpha value is -1.62. The number of amides is 1. The summed E-state index contributed by atoms with van der Waals surface area (Å²) < 4.78 is 4.87. The van der Waals surface area contributed by atoms with Gasteiger partial charge in [0.05, 0.1) is 13.2 Å². The van der Waals surface area contributed by atoms with Gasteiger partial charge in [0.25, 0.3) is 0 Å². The number of aliphatic hydroxyl groups excluding tert-OH is 1. The van der Waals surface area contributed by atoms with Crippen molar-refractivity contribution in [2.75, 3.05) is 18.1 Å². The molecular formula is C9H10N2O3. The van der Waals surface area contributed by atoms with Crippen molar-refractivity contribution in [1.82, 2.24) is 4.98 Å². The van der Waals surface area contributed by atoms with Crippen molar-refractivity contribution < 1.29 is 14.6 Å². The Kier molecular flexibility index (Phi) is 2.32. The van der Waals surface area contributed by atoms with Gasteiger partial charge in [-0.2, -0.15) is 0 Å². The number of aromatic nitrogens is 1. The molecule has 1 atom stereocenters. The van der Waals surface area contributed by atoms with Gasteiger partial charge in [0, 0.05) is 6.20 Å². The lowest BCUT2D eigenvalue weighted by molar-refractivity contribution is 0.0963. The largest absolute Gasteiger partial charge is 0.441 e. The van der Waals surface area contributed by atoms with E-state index in [1.54, 1.807) is 24.4 Å². The van der Waals surface area contributed by atoms with Gasteiger partial charge in [-0.3, -0.25) is 4.90 Å². The van der Waals surface area contributed by atoms with E-state index in [1.807, 2.05) is 0 Å². The van der Waals surface area contributed by atoms with E-state index in [9.17, 15) is 4.79 Å². The van der Waals surface area contributed by atoms with Crippen LogP contribution in [0.15, 0.2) is 24.4 Å². The molecule has 1 saturated heterocycles. The van der Waals surface area contributed by atoms with E-state index in [1.165, 1.54) is 4.90 Å². The number of hydrogen-bond acceptors (Lipinski definition) is 4. The highest BCUT2D eigenvalue weighted by molar-refractivity contribution is 5.88. The minimum absolute atomic E-state index is 0.158. The quantitative estimate of drug-likeness (QED) is 0.740. The summed E-state index contributed by atoms with van der Waals surface area (Å²) in [6.07, 6.45) is 0.710. The van der Waals surface area contributed by atoms with Crippen LogP contribution in [-0.4, -0.2) is 35.4 Å². The summed E-state index contributed by atoms with van der Waals surface area (Å²) in [4.78, 5) is 16.7. The maximum absolute atomic E-state index is 11.3. The Morgan fingerprint density at radius 2 is 2.50 bits per heavy atom. The standard InChI is InChI=1S/C9H10N2O3/c12-6-7-5-11(9(13)14-7)8-3-1-2-4-10-8/h1-4,7,12H,5-6H2/t7-/m1/s1. The highest BCUT2D eigenvalue weighted by Crippen LogP contribution is 2.18. The van der Waals surface area contributed by atoms with Gasteiger partial charge in [-0.15, -0.1) is 0 Å². The Bertz CT molecular complexity index is 328. The Morgan fingerprint density at radius 1 is 1.64 bits per heavy atom. The van der Waals surface area contributed by atoms with E-state index in [4.69, 9.17) is 9.84 Å². The molecule has 0 radical (unpaired) electrons. The topological polar surface area (TPSA) is 62.7 Å². The number of rotatable bonds is 2. The molecule has 2 rings (SSSR count). The third-order valence-corrected chi connectivity index (χ3v) is 2.00. The van der Waals surface area contributed by atoms with Gasteiger partial charge in [0.15, 0.2) is 0 Å². The molecule has 1 aromatic rings. The maximum atomic E-state index is 11.3. The number of cyclic esters (lactones) is 1. The molecule has 0 aliphatic carbocycles. The summed E-state index contributed by atoms with van der Waals surface area (Å²) in [5.74, 6) is 0.549. The van der Waals surface area contributed by atoms with Crippen LogP contribution in [0.3, 0.4) is 0 Å². The fourth-order valence-corrected chi connectivity index (χ4v) is 1.32. The van der Waals surface area contributed by atoms with E-state index in [-0.39, 0.29) is 6.61 Å². The summed E-state index contributed by atoms with van der Waals surface area (Å²) >= 11 is 0. The van der Waals surface area contributed by atoms with Crippen molar-refractivity contribution in [1.29, 1.82) is 0 Å². The molecule has 0 aromatic carbocycles. The molecule has 74 valence electrons. The van der Waals surface area contributed by atoms with E-state index in [0.29, 0.717) is 12.4 Å². The van der Waals surface area contributed by atoms with E-state index >= 15 is 0 Å². The fraction of sp³-hybridized carbons (Fsp3) is 0.333. The number of carbonyl (C=O) groups excluding carboxylic acids is 1. The molecule has 1 aromatic heterocycles. The Labute approximate surface area is 80.9 Å². The first-order valence-corrected chi connectivity index (χ1v) is 4.31. The average molecular weight is 194 g/mol. The van der Waals surface area contributed by atoms with Gasteiger partial charge in [0.1, 0.15) is 11.9 Å². The Morgan fingerprint density at radius 3 is 3.07 bits per heavy atom. The monoisotopic (exact) mass is 194 g/mol. The predicted molar refractivity (Wildman–Crippen MR) is 48.9 cm³/mol. The van der Waals surface area contributed by atoms with Crippen LogP contribution < -0.4 is 4.90 Å². The second-order valence-corrected chi connectivity index (χ2v) is 2.99. The zero-order valence-electron chi connectivity index (χ0n) is 7.46. The van der Waals surface area contributed by atoms with Crippen molar-refractivity contribution in [3.8, 4) is 0 Å². The van der Waals surface area contributed by atoms with E-state index in [0.717, 1.165) is 0 Å². The first-order valence-electron chi connectivity index (χ1n) is 4.31. The molecule has 1 aliphatic rings. The highest BCUT2D eigenvalue weighted by atomic mass is 16.6. The SMILES string of the molecule is O=C1O[C@@H](CO)CN1c1ccccn1. The molecule has 2 heterocycles. The van der Waals surface area contributed by atoms with Gasteiger partial charge in [-0.05, 0) is 12.1 Å². The molecule has 1 amide bonds. The molecule has 0 saturated carbocycles. The van der Waals surface area contributed by atoms with E-state index < -0.39 is 12.2 Å². The normalized spacial score (nSPS) is 21.1. The van der Waals surface area contributed by atoms with Crippen LogP contribution in [0.5, 0.6) is 0 Å². The number of nitrogens with zero attached hydrogens (tertiary/aromatic N) is 2. The molecule has 0 spiro atoms. The smallest absolute Gasteiger partial charge is 0.416 e. The molecule has 1 fully saturated rings. The number of aliphatic hydroxyl groups is 1. The van der Waals surface area contributed by atoms with E-state index in [2.05, 4.69) is 4.98 Å². The van der Waals surface area contributed by atoms with Crippen LogP contribution in [-0.2, 0) is 4.74 Å². The van der Waals surface area contributed by atoms with Crippen LogP contribution in [0, 0.1) is 0 Å². The molecule has 1 aliphatic heterocycles. The first-order chi connectivity index (χ1) is 6.81. The lowest BCUT2D eigenvalue weighted by atomic mass is 10.3. The summed E-state index contributed by atoms with van der Waals surface area (Å²) in [5.41, 5.74) is 0. The molecule has 5 nitrogen and oxygen atoms in total. The van der Waals surface area contributed by atoms with Gasteiger partial charge >= 0.3 is 6.09 Å². The zero-order chi connectivity index (χ0) is 9.97. The summed E-state index contributed by atoms with van der Waals surface area (Å²) in [6, 6.07) is 5.29. The van der Waals surface area contributed by atoms with Crippen molar-refractivity contribution in [3.05, 3.63) is 24.4 Å². The van der Waals surface area contributed by atoms with Crippen LogP contribution in [0.4, 0.5) is 10.6 Å². The van der Waals surface area contributed by atoms with Gasteiger partial charge in [0.2, 0.25) is 0 Å². The molecule has 14 heavy (non-hydrogen) atoms. The molecule has 1 N–H and O–H groups in total. The number of carbonyl (C=O) groups is 1. The van der Waals surface area contributed by atoms with Crippen molar-refractivity contribution in [2.24, 2.45) is 0 Å². The van der Waals surface area contributed by atoms with Crippen molar-refractivity contribution in [2.45, 2.75) is 6.10 Å². The van der Waals surface area contributed by atoms with Gasteiger partial charge in [-0.25, -0.2) is 9.78 Å². The predicted octanol–water partition coefficient (Wildman–Crippen LogP) is 0.399. The van der Waals surface area contributed by atoms with Crippen molar-refractivity contribution in [3.63, 3.8) is 0 Å². The second-order valence-electron chi connectivity index (χ2n) is 2.99. The number of hydrogen-bond donors (Lipinski definition) is 1. The zero-order valence-corrected chi connectivity index (χ0v) is 7.46. The van der Waals surface area contributed by atoms with Gasteiger partial charge < -0.3 is 9.84 Å². The Balaban J connectivity index is 2.17. The number of anilines is 1. The van der Waals surface area contributed by atoms with Crippen molar-refractivity contribution >= 4 is 11.9 Å². The maximum Gasteiger partial charge on any atom is 0.416 e. The van der Waals surface area contributed by atoms with Crippen LogP contribution in [0.2, 0.25) is 0 Å². The molecule has 0 bridgehead atoms. The molecular weight excluding hydrogens is 184 g/mol. The molecule has 0 unspecified atom stereocenters. The van der Waals surface area contributed by atoms with Crippen LogP contribution in [0.25, 0.3) is 0 Å². The van der Waals surface area contributed by atoms with Crippen LogP contribution in [0.1, 0.15) is 0 Å². The lowest BCUT2D eigenvalue weighted by Gasteiger charge is -2.10. The number of ether oxygens (including phenoxy) is 1. The fourth-order valence-electron chi connectivity index (χ4n) is 1.32. The summed E-state index contributed by atoms with van der Waals surface area (Å²) in [6.45, 7) is 0.196. The molecule has 5 heteroatoms. The number of pyridine rings is 1. The third kappa shape index (κ3) is 1.54. The first kappa shape index (κ1) is 8.96. The second kappa shape index (κ2) is 3.63. The highest BCUT2D eigenvalue weighted by Gasteiger charge is 2.32. The third-order valence-electron chi connectivity index (χ3n) is 2.00. The van der Waals surface area contributed by atoms with Gasteiger partial charge in [-0.1, -0.05) is 6.07 Å². The lowest BCUT2D eigenvalue weighted by Crippen LogP contribution is -2.26. The minimum Gasteiger partial charge on any atom is -0.441 e. The summed E-state index contributed by atoms with van der Waals surface area (Å²) in [7, 11) is 0.